The summed E-state index contributed by atoms with van der Waals surface area (Å²) in [6, 6.07) is 13.8. The number of hydrogen-bond acceptors (Lipinski definition) is 5. The van der Waals surface area contributed by atoms with Gasteiger partial charge in [-0.3, -0.25) is 4.79 Å². The van der Waals surface area contributed by atoms with Gasteiger partial charge >= 0.3 is 6.03 Å². The van der Waals surface area contributed by atoms with E-state index in [9.17, 15) is 14.7 Å². The predicted octanol–water partition coefficient (Wildman–Crippen LogP) is 3.01. The molecule has 3 N–H and O–H groups in total. The summed E-state index contributed by atoms with van der Waals surface area (Å²) in [4.78, 5) is 25.9. The molecular weight excluding hydrogens is 386 g/mol. The topological polar surface area (TPSA) is 100 Å². The first-order valence-electron chi connectivity index (χ1n) is 9.82. The van der Waals surface area contributed by atoms with E-state index in [-0.39, 0.29) is 18.0 Å². The highest BCUT2D eigenvalue weighted by atomic mass is 16.5. The molecule has 0 spiro atoms. The van der Waals surface area contributed by atoms with Crippen molar-refractivity contribution in [3.05, 3.63) is 54.1 Å². The Bertz CT molecular complexity index is 874. The zero-order valence-corrected chi connectivity index (χ0v) is 17.1. The Morgan fingerprint density at radius 1 is 1.23 bits per heavy atom. The van der Waals surface area contributed by atoms with E-state index in [1.165, 1.54) is 14.0 Å². The first-order valence-corrected chi connectivity index (χ1v) is 9.82. The third kappa shape index (κ3) is 5.49. The lowest BCUT2D eigenvalue weighted by Crippen LogP contribution is -2.50. The first-order chi connectivity index (χ1) is 14.5. The van der Waals surface area contributed by atoms with Crippen LogP contribution in [0.2, 0.25) is 0 Å². The van der Waals surface area contributed by atoms with Crippen LogP contribution in [0.3, 0.4) is 0 Å². The second-order valence-electron chi connectivity index (χ2n) is 7.11. The quantitative estimate of drug-likeness (QED) is 0.676. The number of carbonyl (C=O) groups is 2. The molecule has 0 bridgehead atoms. The molecule has 0 aromatic heterocycles. The van der Waals surface area contributed by atoms with Crippen molar-refractivity contribution in [3.8, 4) is 5.75 Å². The smallest absolute Gasteiger partial charge is 0.322 e. The number of morpholine rings is 1. The van der Waals surface area contributed by atoms with Crippen molar-refractivity contribution in [1.29, 1.82) is 0 Å². The zero-order valence-electron chi connectivity index (χ0n) is 17.1. The van der Waals surface area contributed by atoms with Gasteiger partial charge in [-0.05, 0) is 17.7 Å². The van der Waals surface area contributed by atoms with Crippen LogP contribution in [0.25, 0.3) is 0 Å². The highest BCUT2D eigenvalue weighted by Crippen LogP contribution is 2.29. The van der Waals surface area contributed by atoms with Crippen LogP contribution in [-0.2, 0) is 9.53 Å². The Labute approximate surface area is 175 Å². The van der Waals surface area contributed by atoms with Crippen LogP contribution >= 0.6 is 0 Å². The summed E-state index contributed by atoms with van der Waals surface area (Å²) in [7, 11) is 1.50. The summed E-state index contributed by atoms with van der Waals surface area (Å²) < 4.78 is 10.8. The Kier molecular flexibility index (Phi) is 7.26. The number of aliphatic hydroxyl groups is 1. The first kappa shape index (κ1) is 21.6. The van der Waals surface area contributed by atoms with Gasteiger partial charge in [0.1, 0.15) is 5.75 Å². The molecule has 1 saturated heterocycles. The van der Waals surface area contributed by atoms with E-state index in [0.29, 0.717) is 43.3 Å². The van der Waals surface area contributed by atoms with Crippen LogP contribution in [-0.4, -0.2) is 54.9 Å². The summed E-state index contributed by atoms with van der Waals surface area (Å²) in [6.45, 7) is 2.65. The average molecular weight is 413 g/mol. The molecule has 0 aliphatic carbocycles. The predicted molar refractivity (Wildman–Crippen MR) is 114 cm³/mol. The zero-order chi connectivity index (χ0) is 21.5. The highest BCUT2D eigenvalue weighted by Gasteiger charge is 2.29. The molecule has 3 rings (SSSR count). The molecule has 160 valence electrons. The average Bonchev–Trinajstić information content (AvgIpc) is 2.75. The fraction of sp³-hybridized carbons (Fsp3) is 0.364. The van der Waals surface area contributed by atoms with Crippen molar-refractivity contribution in [2.75, 3.05) is 37.5 Å². The Morgan fingerprint density at radius 2 is 2.00 bits per heavy atom. The number of carbonyl (C=O) groups excluding carboxylic acids is 2. The van der Waals surface area contributed by atoms with Gasteiger partial charge in [-0.2, -0.15) is 0 Å². The molecule has 2 aromatic rings. The number of aliphatic hydroxyl groups excluding tert-OH is 1. The molecule has 8 heteroatoms. The van der Waals surface area contributed by atoms with Gasteiger partial charge in [0, 0.05) is 31.6 Å². The number of urea groups is 1. The molecule has 1 aliphatic rings. The molecule has 2 aromatic carbocycles. The van der Waals surface area contributed by atoms with Crippen LogP contribution in [0.1, 0.15) is 25.0 Å². The minimum absolute atomic E-state index is 0.210. The molecule has 3 amide bonds. The van der Waals surface area contributed by atoms with Gasteiger partial charge < -0.3 is 30.1 Å². The normalized spacial score (nSPS) is 17.2. The Balaban J connectivity index is 1.68. The van der Waals surface area contributed by atoms with E-state index in [1.807, 2.05) is 30.3 Å². The van der Waals surface area contributed by atoms with Crippen molar-refractivity contribution in [1.82, 2.24) is 4.90 Å². The van der Waals surface area contributed by atoms with E-state index in [2.05, 4.69) is 10.6 Å². The minimum Gasteiger partial charge on any atom is -0.494 e. The maximum atomic E-state index is 12.9. The maximum Gasteiger partial charge on any atom is 0.322 e. The third-order valence-corrected chi connectivity index (χ3v) is 4.93. The fourth-order valence-electron chi connectivity index (χ4n) is 3.44. The number of anilines is 2. The van der Waals surface area contributed by atoms with E-state index in [4.69, 9.17) is 9.47 Å². The van der Waals surface area contributed by atoms with E-state index in [0.717, 1.165) is 5.56 Å². The van der Waals surface area contributed by atoms with Crippen LogP contribution in [0.4, 0.5) is 16.2 Å². The highest BCUT2D eigenvalue weighted by molar-refractivity contribution is 5.93. The molecule has 1 aliphatic heterocycles. The number of nitrogens with one attached hydrogen (secondary N) is 2. The monoisotopic (exact) mass is 413 g/mol. The molecule has 0 saturated carbocycles. The van der Waals surface area contributed by atoms with Crippen molar-refractivity contribution >= 4 is 23.3 Å². The molecule has 1 heterocycles. The van der Waals surface area contributed by atoms with Gasteiger partial charge in [0.2, 0.25) is 5.91 Å². The second-order valence-corrected chi connectivity index (χ2v) is 7.11. The minimum atomic E-state index is -0.690. The summed E-state index contributed by atoms with van der Waals surface area (Å²) in [5, 5.41) is 16.1. The van der Waals surface area contributed by atoms with E-state index >= 15 is 0 Å². The molecule has 1 fully saturated rings. The van der Waals surface area contributed by atoms with E-state index < -0.39 is 6.10 Å². The number of rotatable bonds is 6. The summed E-state index contributed by atoms with van der Waals surface area (Å²) >= 11 is 0. The Morgan fingerprint density at radius 3 is 2.70 bits per heavy atom. The number of benzene rings is 2. The molecular formula is C22H27N3O5. The summed E-state index contributed by atoms with van der Waals surface area (Å²) in [5.74, 6) is 0.235. The van der Waals surface area contributed by atoms with Crippen molar-refractivity contribution < 1.29 is 24.2 Å². The molecule has 0 unspecified atom stereocenters. The van der Waals surface area contributed by atoms with Gasteiger partial charge in [0.05, 0.1) is 38.2 Å². The molecule has 2 atom stereocenters. The van der Waals surface area contributed by atoms with Crippen LogP contribution in [0.5, 0.6) is 5.75 Å². The van der Waals surface area contributed by atoms with Gasteiger partial charge in [-0.1, -0.05) is 30.3 Å². The van der Waals surface area contributed by atoms with Crippen LogP contribution in [0.15, 0.2) is 48.5 Å². The van der Waals surface area contributed by atoms with Gasteiger partial charge in [-0.15, -0.1) is 0 Å². The Hall–Kier alpha value is -3.10. The molecule has 30 heavy (non-hydrogen) atoms. The lowest BCUT2D eigenvalue weighted by atomic mass is 10.0. The number of ether oxygens (including phenoxy) is 2. The molecule has 0 radical (unpaired) electrons. The van der Waals surface area contributed by atoms with Crippen LogP contribution in [0, 0.1) is 0 Å². The van der Waals surface area contributed by atoms with Crippen molar-refractivity contribution in [2.45, 2.75) is 25.5 Å². The maximum absolute atomic E-state index is 12.9. The number of nitrogens with zero attached hydrogens (tertiary/aromatic N) is 1. The standard InChI is InChI=1S/C22H27N3O5/c1-15(26)23-19-9-8-17(12-21(19)29-2)24-22(28)25-10-11-30-14-18(25)13-20(27)16-6-4-3-5-7-16/h3-9,12,18,20,27H,10-11,13-14H2,1-2H3,(H,23,26)(H,24,28)/t18-,20+/m0/s1. The number of amides is 3. The number of methoxy groups -OCH3 is 1. The largest absolute Gasteiger partial charge is 0.494 e. The van der Waals surface area contributed by atoms with Crippen molar-refractivity contribution in [3.63, 3.8) is 0 Å². The lowest BCUT2D eigenvalue weighted by molar-refractivity contribution is -0.114. The fourth-order valence-corrected chi connectivity index (χ4v) is 3.44. The SMILES string of the molecule is COc1cc(NC(=O)N2CCOC[C@@H]2C[C@@H](O)c2ccccc2)ccc1NC(C)=O. The van der Waals surface area contributed by atoms with Crippen LogP contribution < -0.4 is 15.4 Å². The lowest BCUT2D eigenvalue weighted by Gasteiger charge is -2.36. The molecule has 8 nitrogen and oxygen atoms in total. The summed E-state index contributed by atoms with van der Waals surface area (Å²) in [5.41, 5.74) is 1.87. The van der Waals surface area contributed by atoms with Crippen molar-refractivity contribution in [2.24, 2.45) is 0 Å². The number of hydrogen-bond donors (Lipinski definition) is 3. The van der Waals surface area contributed by atoms with Gasteiger partial charge in [0.15, 0.2) is 0 Å². The van der Waals surface area contributed by atoms with Gasteiger partial charge in [-0.25, -0.2) is 4.79 Å². The summed E-state index contributed by atoms with van der Waals surface area (Å²) in [6.07, 6.45) is -0.312. The second kappa shape index (κ2) is 10.1. The van der Waals surface area contributed by atoms with Gasteiger partial charge in [0.25, 0.3) is 0 Å². The third-order valence-electron chi connectivity index (χ3n) is 4.93. The van der Waals surface area contributed by atoms with E-state index in [1.54, 1.807) is 23.1 Å².